The molecule has 0 spiro atoms. The third-order valence-corrected chi connectivity index (χ3v) is 1.99. The van der Waals surface area contributed by atoms with E-state index in [9.17, 15) is 0 Å². The van der Waals surface area contributed by atoms with Gasteiger partial charge in [0.25, 0.3) is 0 Å². The van der Waals surface area contributed by atoms with Crippen LogP contribution < -0.4 is 5.32 Å². The molecule has 74 valence electrons. The molecule has 0 aliphatic carbocycles. The molecule has 1 N–H and O–H groups in total. The van der Waals surface area contributed by atoms with E-state index in [2.05, 4.69) is 29.2 Å². The minimum absolute atomic E-state index is 0.756. The molecule has 0 bridgehead atoms. The summed E-state index contributed by atoms with van der Waals surface area (Å²) < 4.78 is 1.79. The van der Waals surface area contributed by atoms with E-state index in [1.165, 1.54) is 6.42 Å². The van der Waals surface area contributed by atoms with Gasteiger partial charge >= 0.3 is 0 Å². The molecule has 13 heavy (non-hydrogen) atoms. The van der Waals surface area contributed by atoms with Gasteiger partial charge in [0.05, 0.1) is 6.54 Å². The van der Waals surface area contributed by atoms with Gasteiger partial charge in [0.2, 0.25) is 0 Å². The monoisotopic (exact) mass is 182 g/mol. The number of nitrogens with one attached hydrogen (secondary N) is 1. The largest absolute Gasteiger partial charge is 0.310 e. The summed E-state index contributed by atoms with van der Waals surface area (Å²) in [7, 11) is 1.91. The maximum Gasteiger partial charge on any atom is 0.140 e. The fourth-order valence-corrected chi connectivity index (χ4v) is 1.07. The van der Waals surface area contributed by atoms with Crippen molar-refractivity contribution in [1.82, 2.24) is 20.1 Å². The van der Waals surface area contributed by atoms with Crippen LogP contribution in [0.3, 0.4) is 0 Å². The Labute approximate surface area is 79.4 Å². The molecule has 1 aromatic rings. The standard InChI is InChI=1S/C9H18N4/c1-8(2)4-5-10-6-9-11-7-12-13(9)3/h7-8,10H,4-6H2,1-3H3. The molecule has 1 aromatic heterocycles. The SMILES string of the molecule is CC(C)CCNCc1ncnn1C. The molecule has 1 heterocycles. The van der Waals surface area contributed by atoms with Gasteiger partial charge in [-0.25, -0.2) is 4.98 Å². The van der Waals surface area contributed by atoms with Crippen LogP contribution in [0.4, 0.5) is 0 Å². The Morgan fingerprint density at radius 1 is 1.54 bits per heavy atom. The first-order valence-corrected chi connectivity index (χ1v) is 4.73. The molecule has 0 aliphatic rings. The lowest BCUT2D eigenvalue weighted by atomic mass is 10.1. The second-order valence-corrected chi connectivity index (χ2v) is 3.66. The summed E-state index contributed by atoms with van der Waals surface area (Å²) in [5.41, 5.74) is 0. The fraction of sp³-hybridized carbons (Fsp3) is 0.778. The Kier molecular flexibility index (Phi) is 3.89. The predicted octanol–water partition coefficient (Wildman–Crippen LogP) is 0.951. The van der Waals surface area contributed by atoms with Gasteiger partial charge in [-0.3, -0.25) is 4.68 Å². The lowest BCUT2D eigenvalue weighted by Crippen LogP contribution is -2.18. The molecule has 4 nitrogen and oxygen atoms in total. The molecule has 0 atom stereocenters. The maximum absolute atomic E-state index is 4.12. The minimum Gasteiger partial charge on any atom is -0.310 e. The lowest BCUT2D eigenvalue weighted by molar-refractivity contribution is 0.524. The van der Waals surface area contributed by atoms with Crippen LogP contribution >= 0.6 is 0 Å². The van der Waals surface area contributed by atoms with E-state index in [1.54, 1.807) is 11.0 Å². The third-order valence-electron chi connectivity index (χ3n) is 1.99. The number of rotatable bonds is 5. The van der Waals surface area contributed by atoms with Crippen molar-refractivity contribution < 1.29 is 0 Å². The molecular formula is C9H18N4. The van der Waals surface area contributed by atoms with Crippen LogP contribution in [0.25, 0.3) is 0 Å². The highest BCUT2D eigenvalue weighted by atomic mass is 15.3. The zero-order valence-corrected chi connectivity index (χ0v) is 8.62. The van der Waals surface area contributed by atoms with Crippen LogP contribution in [0, 0.1) is 5.92 Å². The third kappa shape index (κ3) is 3.55. The summed E-state index contributed by atoms with van der Waals surface area (Å²) in [6.45, 7) is 6.31. The number of hydrogen-bond donors (Lipinski definition) is 1. The summed E-state index contributed by atoms with van der Waals surface area (Å²) in [4.78, 5) is 4.12. The normalized spacial score (nSPS) is 11.1. The number of hydrogen-bond acceptors (Lipinski definition) is 3. The zero-order chi connectivity index (χ0) is 9.68. The first kappa shape index (κ1) is 10.2. The van der Waals surface area contributed by atoms with E-state index < -0.39 is 0 Å². The average molecular weight is 182 g/mol. The van der Waals surface area contributed by atoms with E-state index in [1.807, 2.05) is 7.05 Å². The molecule has 0 unspecified atom stereocenters. The van der Waals surface area contributed by atoms with E-state index in [4.69, 9.17) is 0 Å². The molecule has 0 aliphatic heterocycles. The minimum atomic E-state index is 0.756. The summed E-state index contributed by atoms with van der Waals surface area (Å²) in [5, 5.41) is 7.33. The molecule has 0 radical (unpaired) electrons. The summed E-state index contributed by atoms with van der Waals surface area (Å²) in [6, 6.07) is 0. The average Bonchev–Trinajstić information content (AvgIpc) is 2.45. The van der Waals surface area contributed by atoms with Gasteiger partial charge in [-0.15, -0.1) is 0 Å². The second kappa shape index (κ2) is 4.97. The molecule has 0 amide bonds. The van der Waals surface area contributed by atoms with Crippen molar-refractivity contribution in [3.8, 4) is 0 Å². The quantitative estimate of drug-likeness (QED) is 0.689. The highest BCUT2D eigenvalue weighted by molar-refractivity contribution is 4.81. The van der Waals surface area contributed by atoms with Crippen LogP contribution in [0.5, 0.6) is 0 Å². The summed E-state index contributed by atoms with van der Waals surface area (Å²) in [5.74, 6) is 1.75. The fourth-order valence-electron chi connectivity index (χ4n) is 1.07. The first-order chi connectivity index (χ1) is 6.20. The summed E-state index contributed by atoms with van der Waals surface area (Å²) >= 11 is 0. The van der Waals surface area contributed by atoms with Crippen molar-refractivity contribution in [2.75, 3.05) is 6.54 Å². The Morgan fingerprint density at radius 3 is 2.85 bits per heavy atom. The van der Waals surface area contributed by atoms with Crippen molar-refractivity contribution in [2.24, 2.45) is 13.0 Å². The number of aryl methyl sites for hydroxylation is 1. The molecule has 0 fully saturated rings. The van der Waals surface area contributed by atoms with Gasteiger partial charge in [0, 0.05) is 7.05 Å². The van der Waals surface area contributed by atoms with E-state index in [0.29, 0.717) is 0 Å². The van der Waals surface area contributed by atoms with Gasteiger partial charge in [-0.1, -0.05) is 13.8 Å². The van der Waals surface area contributed by atoms with Crippen molar-refractivity contribution in [1.29, 1.82) is 0 Å². The Hall–Kier alpha value is -0.900. The van der Waals surface area contributed by atoms with Crippen LogP contribution in [-0.4, -0.2) is 21.3 Å². The van der Waals surface area contributed by atoms with Gasteiger partial charge in [0.15, 0.2) is 0 Å². The van der Waals surface area contributed by atoms with E-state index in [-0.39, 0.29) is 0 Å². The Bertz CT molecular complexity index is 242. The smallest absolute Gasteiger partial charge is 0.140 e. The highest BCUT2D eigenvalue weighted by Crippen LogP contribution is 1.97. The van der Waals surface area contributed by atoms with Crippen LogP contribution in [-0.2, 0) is 13.6 Å². The molecular weight excluding hydrogens is 164 g/mol. The van der Waals surface area contributed by atoms with Crippen molar-refractivity contribution in [3.63, 3.8) is 0 Å². The molecule has 0 aromatic carbocycles. The molecule has 0 saturated carbocycles. The molecule has 1 rings (SSSR count). The Balaban J connectivity index is 2.17. The predicted molar refractivity (Wildman–Crippen MR) is 52.2 cm³/mol. The summed E-state index contributed by atoms with van der Waals surface area (Å²) in [6.07, 6.45) is 2.79. The molecule has 0 saturated heterocycles. The van der Waals surface area contributed by atoms with Gasteiger partial charge < -0.3 is 5.32 Å². The first-order valence-electron chi connectivity index (χ1n) is 4.73. The van der Waals surface area contributed by atoms with Crippen molar-refractivity contribution in [2.45, 2.75) is 26.8 Å². The Morgan fingerprint density at radius 2 is 2.31 bits per heavy atom. The maximum atomic E-state index is 4.12. The van der Waals surface area contributed by atoms with E-state index in [0.717, 1.165) is 24.8 Å². The van der Waals surface area contributed by atoms with Crippen molar-refractivity contribution in [3.05, 3.63) is 12.2 Å². The highest BCUT2D eigenvalue weighted by Gasteiger charge is 1.99. The van der Waals surface area contributed by atoms with Crippen LogP contribution in [0.15, 0.2) is 6.33 Å². The number of aromatic nitrogens is 3. The van der Waals surface area contributed by atoms with Crippen LogP contribution in [0.2, 0.25) is 0 Å². The van der Waals surface area contributed by atoms with E-state index >= 15 is 0 Å². The second-order valence-electron chi connectivity index (χ2n) is 3.66. The number of nitrogens with zero attached hydrogens (tertiary/aromatic N) is 3. The molecule has 4 heteroatoms. The topological polar surface area (TPSA) is 42.7 Å². The van der Waals surface area contributed by atoms with Crippen molar-refractivity contribution >= 4 is 0 Å². The van der Waals surface area contributed by atoms with Crippen LogP contribution in [0.1, 0.15) is 26.1 Å². The lowest BCUT2D eigenvalue weighted by Gasteiger charge is -2.05. The van der Waals surface area contributed by atoms with Gasteiger partial charge in [-0.2, -0.15) is 5.10 Å². The van der Waals surface area contributed by atoms with Gasteiger partial charge in [0.1, 0.15) is 12.2 Å². The zero-order valence-electron chi connectivity index (χ0n) is 8.62. The van der Waals surface area contributed by atoms with Gasteiger partial charge in [-0.05, 0) is 18.9 Å².